The van der Waals surface area contributed by atoms with Gasteiger partial charge in [0.05, 0.1) is 25.4 Å². The summed E-state index contributed by atoms with van der Waals surface area (Å²) in [6.45, 7) is 6.33. The second-order valence-electron chi connectivity index (χ2n) is 8.51. The summed E-state index contributed by atoms with van der Waals surface area (Å²) in [5.74, 6) is -0.802. The number of fused-ring (bicyclic) bond motifs is 1. The summed E-state index contributed by atoms with van der Waals surface area (Å²) >= 11 is 0. The van der Waals surface area contributed by atoms with Gasteiger partial charge < -0.3 is 29.0 Å². The standard InChI is InChI=1S/C23H34FNO6/c1-4-5-11-27-14-17(24)15-28-19-12-18(20-21(19)31-23(2,3)30-20)25-22(26)29-13-16-9-7-6-8-10-16/h6-10,17-21H,4-5,11-15H2,1-3H3,(H,25,26)/t17?,18-,19+,20+,21?/m1/s1. The summed E-state index contributed by atoms with van der Waals surface area (Å²) in [4.78, 5) is 12.3. The minimum atomic E-state index is -1.21. The van der Waals surface area contributed by atoms with Gasteiger partial charge in [0, 0.05) is 6.61 Å². The summed E-state index contributed by atoms with van der Waals surface area (Å²) in [6.07, 6.45) is -0.537. The average molecular weight is 440 g/mol. The van der Waals surface area contributed by atoms with Gasteiger partial charge >= 0.3 is 6.09 Å². The Morgan fingerprint density at radius 3 is 2.71 bits per heavy atom. The molecule has 0 aromatic heterocycles. The Hall–Kier alpha value is -1.74. The van der Waals surface area contributed by atoms with Crippen LogP contribution in [0.5, 0.6) is 0 Å². The van der Waals surface area contributed by atoms with Crippen LogP contribution in [0.1, 0.15) is 45.6 Å². The first-order chi connectivity index (χ1) is 14.9. The highest BCUT2D eigenvalue weighted by Gasteiger charge is 2.55. The predicted molar refractivity (Wildman–Crippen MR) is 112 cm³/mol. The highest BCUT2D eigenvalue weighted by molar-refractivity contribution is 5.67. The van der Waals surface area contributed by atoms with Crippen molar-refractivity contribution in [2.45, 2.75) is 83.0 Å². The zero-order chi connectivity index (χ0) is 22.3. The molecular formula is C23H34FNO6. The van der Waals surface area contributed by atoms with Crippen molar-refractivity contribution in [1.82, 2.24) is 5.32 Å². The molecular weight excluding hydrogens is 405 g/mol. The van der Waals surface area contributed by atoms with Crippen molar-refractivity contribution in [3.8, 4) is 0 Å². The number of rotatable bonds is 11. The van der Waals surface area contributed by atoms with Crippen LogP contribution < -0.4 is 5.32 Å². The van der Waals surface area contributed by atoms with Gasteiger partial charge in [-0.3, -0.25) is 0 Å². The lowest BCUT2D eigenvalue weighted by Crippen LogP contribution is -2.43. The number of alkyl carbamates (subject to hydrolysis) is 1. The Bertz CT molecular complexity index is 688. The molecule has 1 heterocycles. The van der Waals surface area contributed by atoms with Crippen LogP contribution in [0.4, 0.5) is 9.18 Å². The number of benzene rings is 1. The Labute approximate surface area is 183 Å². The second kappa shape index (κ2) is 11.2. The maximum atomic E-state index is 14.1. The van der Waals surface area contributed by atoms with E-state index in [0.29, 0.717) is 13.0 Å². The van der Waals surface area contributed by atoms with Crippen molar-refractivity contribution in [3.63, 3.8) is 0 Å². The molecule has 1 N–H and O–H groups in total. The largest absolute Gasteiger partial charge is 0.445 e. The lowest BCUT2D eigenvalue weighted by Gasteiger charge is -2.24. The van der Waals surface area contributed by atoms with Crippen LogP contribution in [0.15, 0.2) is 30.3 Å². The molecule has 2 aliphatic rings. The molecule has 1 aliphatic heterocycles. The number of unbranched alkanes of at least 4 members (excludes halogenated alkanes) is 1. The molecule has 1 amide bonds. The maximum Gasteiger partial charge on any atom is 0.407 e. The molecule has 5 atom stereocenters. The lowest BCUT2D eigenvalue weighted by atomic mass is 10.2. The Balaban J connectivity index is 1.49. The molecule has 8 heteroatoms. The van der Waals surface area contributed by atoms with E-state index in [2.05, 4.69) is 12.2 Å². The van der Waals surface area contributed by atoms with Crippen molar-refractivity contribution in [1.29, 1.82) is 0 Å². The monoisotopic (exact) mass is 439 g/mol. The summed E-state index contributed by atoms with van der Waals surface area (Å²) in [5, 5.41) is 2.86. The summed E-state index contributed by atoms with van der Waals surface area (Å²) in [7, 11) is 0. The highest BCUT2D eigenvalue weighted by Crippen LogP contribution is 2.39. The molecule has 1 saturated heterocycles. The molecule has 0 bridgehead atoms. The van der Waals surface area contributed by atoms with Crippen molar-refractivity contribution in [2.24, 2.45) is 0 Å². The minimum Gasteiger partial charge on any atom is -0.445 e. The van der Waals surface area contributed by atoms with E-state index in [1.165, 1.54) is 0 Å². The third-order valence-corrected chi connectivity index (χ3v) is 5.36. The number of hydrogen-bond donors (Lipinski definition) is 1. The topological polar surface area (TPSA) is 75.3 Å². The molecule has 1 saturated carbocycles. The fourth-order valence-electron chi connectivity index (χ4n) is 3.89. The van der Waals surface area contributed by atoms with Gasteiger partial charge in [-0.2, -0.15) is 0 Å². The normalized spacial score (nSPS) is 27.6. The number of carbonyl (C=O) groups excluding carboxylic acids is 1. The second-order valence-corrected chi connectivity index (χ2v) is 8.51. The van der Waals surface area contributed by atoms with Gasteiger partial charge in [-0.1, -0.05) is 43.7 Å². The van der Waals surface area contributed by atoms with Gasteiger partial charge in [0.25, 0.3) is 0 Å². The molecule has 1 aromatic carbocycles. The highest BCUT2D eigenvalue weighted by atomic mass is 19.1. The van der Waals surface area contributed by atoms with E-state index in [1.807, 2.05) is 44.2 Å². The Kier molecular flexibility index (Phi) is 8.66. The summed E-state index contributed by atoms with van der Waals surface area (Å²) in [5.41, 5.74) is 0.903. The Morgan fingerprint density at radius 1 is 1.23 bits per heavy atom. The van der Waals surface area contributed by atoms with Gasteiger partial charge in [-0.05, 0) is 32.3 Å². The number of nitrogens with one attached hydrogen (secondary N) is 1. The molecule has 2 fully saturated rings. The lowest BCUT2D eigenvalue weighted by molar-refractivity contribution is -0.170. The van der Waals surface area contributed by atoms with Crippen molar-refractivity contribution >= 4 is 6.09 Å². The van der Waals surface area contributed by atoms with Gasteiger partial charge in [-0.25, -0.2) is 9.18 Å². The first-order valence-corrected chi connectivity index (χ1v) is 11.0. The van der Waals surface area contributed by atoms with Crippen LogP contribution in [-0.2, 0) is 30.3 Å². The van der Waals surface area contributed by atoms with E-state index in [-0.39, 0.29) is 44.2 Å². The number of ether oxygens (including phenoxy) is 5. The van der Waals surface area contributed by atoms with E-state index in [9.17, 15) is 9.18 Å². The van der Waals surface area contributed by atoms with E-state index < -0.39 is 18.1 Å². The molecule has 174 valence electrons. The minimum absolute atomic E-state index is 0.0111. The maximum absolute atomic E-state index is 14.1. The smallest absolute Gasteiger partial charge is 0.407 e. The quantitative estimate of drug-likeness (QED) is 0.530. The molecule has 2 unspecified atom stereocenters. The van der Waals surface area contributed by atoms with Crippen LogP contribution in [0, 0.1) is 0 Å². The number of carbonyl (C=O) groups is 1. The van der Waals surface area contributed by atoms with Crippen LogP contribution >= 0.6 is 0 Å². The molecule has 0 spiro atoms. The van der Waals surface area contributed by atoms with Gasteiger partial charge in [0.2, 0.25) is 0 Å². The molecule has 3 rings (SSSR count). The molecule has 1 aromatic rings. The molecule has 1 aliphatic carbocycles. The average Bonchev–Trinajstić information content (AvgIpc) is 3.22. The Morgan fingerprint density at radius 2 is 1.97 bits per heavy atom. The van der Waals surface area contributed by atoms with Crippen molar-refractivity contribution < 1.29 is 32.9 Å². The van der Waals surface area contributed by atoms with E-state index >= 15 is 0 Å². The number of hydrogen-bond acceptors (Lipinski definition) is 6. The van der Waals surface area contributed by atoms with Crippen LogP contribution in [-0.4, -0.2) is 62.2 Å². The zero-order valence-electron chi connectivity index (χ0n) is 18.6. The fourth-order valence-corrected chi connectivity index (χ4v) is 3.89. The number of amides is 1. The van der Waals surface area contributed by atoms with Crippen LogP contribution in [0.2, 0.25) is 0 Å². The van der Waals surface area contributed by atoms with Gasteiger partial charge in [-0.15, -0.1) is 0 Å². The first kappa shape index (κ1) is 23.9. The van der Waals surface area contributed by atoms with Crippen LogP contribution in [0.3, 0.4) is 0 Å². The molecule has 0 radical (unpaired) electrons. The SMILES string of the molecule is CCCCOCC(F)CO[C@H]1C[C@@H](NC(=O)OCc2ccccc2)[C@@H]2OC(C)(C)OC12. The van der Waals surface area contributed by atoms with Crippen molar-refractivity contribution in [3.05, 3.63) is 35.9 Å². The van der Waals surface area contributed by atoms with Gasteiger partial charge in [0.1, 0.15) is 25.0 Å². The van der Waals surface area contributed by atoms with Crippen molar-refractivity contribution in [2.75, 3.05) is 19.8 Å². The van der Waals surface area contributed by atoms with Gasteiger partial charge in [0.15, 0.2) is 5.79 Å². The third-order valence-electron chi connectivity index (χ3n) is 5.36. The summed E-state index contributed by atoms with van der Waals surface area (Å²) < 4.78 is 42.6. The first-order valence-electron chi connectivity index (χ1n) is 11.0. The number of halogens is 1. The summed E-state index contributed by atoms with van der Waals surface area (Å²) in [6, 6.07) is 9.11. The van der Waals surface area contributed by atoms with E-state index in [0.717, 1.165) is 18.4 Å². The third kappa shape index (κ3) is 7.14. The van der Waals surface area contributed by atoms with Crippen LogP contribution in [0.25, 0.3) is 0 Å². The molecule has 7 nitrogen and oxygen atoms in total. The molecule has 31 heavy (non-hydrogen) atoms. The van der Waals surface area contributed by atoms with E-state index in [4.69, 9.17) is 23.7 Å². The fraction of sp³-hybridized carbons (Fsp3) is 0.696. The van der Waals surface area contributed by atoms with E-state index in [1.54, 1.807) is 0 Å². The predicted octanol–water partition coefficient (Wildman–Crippen LogP) is 3.75. The number of alkyl halides is 1. The zero-order valence-corrected chi connectivity index (χ0v) is 18.6.